The van der Waals surface area contributed by atoms with Gasteiger partial charge in [-0.05, 0) is 18.2 Å². The van der Waals surface area contributed by atoms with E-state index in [4.69, 9.17) is 23.4 Å². The molecule has 0 fully saturated rings. The molecule has 0 amide bonds. The van der Waals surface area contributed by atoms with Gasteiger partial charge in [0.25, 0.3) is 0 Å². The quantitative estimate of drug-likeness (QED) is 0.570. The number of ether oxygens (including phenoxy) is 4. The van der Waals surface area contributed by atoms with Crippen LogP contribution in [0.2, 0.25) is 0 Å². The predicted molar refractivity (Wildman–Crippen MR) is 103 cm³/mol. The summed E-state index contributed by atoms with van der Waals surface area (Å²) >= 11 is 0. The van der Waals surface area contributed by atoms with Crippen LogP contribution in [0.5, 0.6) is 23.0 Å². The highest BCUT2D eigenvalue weighted by molar-refractivity contribution is 7.23. The van der Waals surface area contributed by atoms with E-state index in [2.05, 4.69) is 0 Å². The van der Waals surface area contributed by atoms with Crippen molar-refractivity contribution in [3.63, 3.8) is 0 Å². The first-order valence-corrected chi connectivity index (χ1v) is 9.34. The molecule has 1 heterocycles. The average molecular weight is 390 g/mol. The van der Waals surface area contributed by atoms with E-state index in [1.165, 1.54) is 20.3 Å². The van der Waals surface area contributed by atoms with Crippen LogP contribution >= 0.6 is 8.46 Å². The first kappa shape index (κ1) is 18.9. The summed E-state index contributed by atoms with van der Waals surface area (Å²) in [7, 11) is 3.48. The summed E-state index contributed by atoms with van der Waals surface area (Å²) in [6, 6.07) is 9.78. The third-order valence-corrected chi connectivity index (χ3v) is 4.28. The van der Waals surface area contributed by atoms with Crippen LogP contribution in [0, 0.1) is 0 Å². The predicted octanol–water partition coefficient (Wildman–Crippen LogP) is 3.58. The topological polar surface area (TPSA) is 84.2 Å². The largest absolute Gasteiger partial charge is 0.496 e. The number of fused-ring (bicyclic) bond motifs is 1. The smallest absolute Gasteiger partial charge is 0.197 e. The van der Waals surface area contributed by atoms with Crippen molar-refractivity contribution in [3.05, 3.63) is 46.6 Å². The number of benzene rings is 2. The summed E-state index contributed by atoms with van der Waals surface area (Å²) < 4.78 is 37.9. The molecule has 0 radical (unpaired) electrons. The van der Waals surface area contributed by atoms with Crippen LogP contribution in [0.15, 0.2) is 45.6 Å². The minimum atomic E-state index is -1.05. The summed E-state index contributed by atoms with van der Waals surface area (Å²) in [5.41, 5.74) is 0.711. The molecule has 3 aromatic rings. The van der Waals surface area contributed by atoms with Gasteiger partial charge in [0, 0.05) is 23.8 Å². The molecule has 8 heteroatoms. The Hall–Kier alpha value is -2.92. The molecule has 7 nitrogen and oxygen atoms in total. The van der Waals surface area contributed by atoms with Gasteiger partial charge in [-0.25, -0.2) is 0 Å². The zero-order chi connectivity index (χ0) is 19.4. The molecule has 0 bridgehead atoms. The van der Waals surface area contributed by atoms with Crippen molar-refractivity contribution in [2.75, 3.05) is 27.7 Å². The summed E-state index contributed by atoms with van der Waals surface area (Å²) in [5, 5.41) is 0.309. The van der Waals surface area contributed by atoms with Gasteiger partial charge in [-0.2, -0.15) is 0 Å². The van der Waals surface area contributed by atoms with E-state index in [9.17, 15) is 9.36 Å². The van der Waals surface area contributed by atoms with Crippen molar-refractivity contribution in [1.82, 2.24) is 0 Å². The van der Waals surface area contributed by atoms with Gasteiger partial charge in [-0.1, -0.05) is 0 Å². The van der Waals surface area contributed by atoms with Crippen molar-refractivity contribution in [2.45, 2.75) is 0 Å². The Labute approximate surface area is 156 Å². The van der Waals surface area contributed by atoms with Crippen LogP contribution in [0.25, 0.3) is 22.3 Å². The average Bonchev–Trinajstić information content (AvgIpc) is 2.70. The number of methoxy groups -OCH3 is 3. The van der Waals surface area contributed by atoms with E-state index in [0.29, 0.717) is 45.3 Å². The fraction of sp³-hybridized carbons (Fsp3) is 0.211. The second-order valence-electron chi connectivity index (χ2n) is 5.52. The molecule has 0 saturated heterocycles. The fourth-order valence-corrected chi connectivity index (χ4v) is 3.00. The number of hydrogen-bond acceptors (Lipinski definition) is 7. The molecule has 27 heavy (non-hydrogen) atoms. The van der Waals surface area contributed by atoms with Crippen molar-refractivity contribution >= 4 is 19.4 Å². The Morgan fingerprint density at radius 1 is 0.926 bits per heavy atom. The highest BCUT2D eigenvalue weighted by Gasteiger charge is 2.15. The normalized spacial score (nSPS) is 11.1. The SMILES string of the molecule is COc1ccc(-c2cc(=O)c3c(OC)cc(OC[PH2]=O)cc3o2)cc1OC. The second kappa shape index (κ2) is 8.18. The molecule has 1 atom stereocenters. The summed E-state index contributed by atoms with van der Waals surface area (Å²) in [6.07, 6.45) is 0.0915. The zero-order valence-electron chi connectivity index (χ0n) is 15.1. The first-order chi connectivity index (χ1) is 13.1. The lowest BCUT2D eigenvalue weighted by Crippen LogP contribution is -2.03. The maximum atomic E-state index is 12.7. The van der Waals surface area contributed by atoms with E-state index in [1.807, 2.05) is 0 Å². The van der Waals surface area contributed by atoms with E-state index < -0.39 is 8.46 Å². The van der Waals surface area contributed by atoms with Gasteiger partial charge in [-0.15, -0.1) is 0 Å². The van der Waals surface area contributed by atoms with E-state index in [-0.39, 0.29) is 11.8 Å². The van der Waals surface area contributed by atoms with E-state index >= 15 is 0 Å². The van der Waals surface area contributed by atoms with Gasteiger partial charge >= 0.3 is 0 Å². The molecule has 3 rings (SSSR count). The maximum absolute atomic E-state index is 12.7. The Balaban J connectivity index is 2.18. The van der Waals surface area contributed by atoms with Gasteiger partial charge in [0.15, 0.2) is 16.9 Å². The third kappa shape index (κ3) is 3.78. The Morgan fingerprint density at radius 2 is 1.67 bits per heavy atom. The molecule has 0 saturated carbocycles. The van der Waals surface area contributed by atoms with Crippen LogP contribution in [-0.4, -0.2) is 27.7 Å². The molecule has 0 aliphatic carbocycles. The van der Waals surface area contributed by atoms with Crippen molar-refractivity contribution in [3.8, 4) is 34.3 Å². The van der Waals surface area contributed by atoms with Crippen LogP contribution < -0.4 is 24.4 Å². The molecule has 1 aromatic heterocycles. The van der Waals surface area contributed by atoms with Crippen molar-refractivity contribution in [1.29, 1.82) is 0 Å². The number of rotatable bonds is 7. The Morgan fingerprint density at radius 3 is 2.33 bits per heavy atom. The highest BCUT2D eigenvalue weighted by atomic mass is 31.1. The van der Waals surface area contributed by atoms with E-state index in [1.54, 1.807) is 37.4 Å². The molecule has 0 spiro atoms. The summed E-state index contributed by atoms with van der Waals surface area (Å²) in [5.74, 6) is 2.20. The van der Waals surface area contributed by atoms with Gasteiger partial charge < -0.3 is 27.9 Å². The van der Waals surface area contributed by atoms with Crippen LogP contribution in [0.4, 0.5) is 0 Å². The minimum Gasteiger partial charge on any atom is -0.496 e. The third-order valence-electron chi connectivity index (χ3n) is 3.97. The second-order valence-corrected chi connectivity index (χ2v) is 6.19. The van der Waals surface area contributed by atoms with Crippen molar-refractivity contribution < 1.29 is 27.9 Å². The number of hydrogen-bond donors (Lipinski definition) is 0. The van der Waals surface area contributed by atoms with Crippen LogP contribution in [-0.2, 0) is 4.57 Å². The molecule has 0 N–H and O–H groups in total. The maximum Gasteiger partial charge on any atom is 0.197 e. The zero-order valence-corrected chi connectivity index (χ0v) is 16.3. The molecule has 1 unspecified atom stereocenters. The van der Waals surface area contributed by atoms with Crippen LogP contribution in [0.1, 0.15) is 0 Å². The standard InChI is InChI=1S/C19H19O7P/c1-22-14-5-4-11(6-16(14)23-2)15-9-13(20)19-17(24-3)7-12(25-10-27-21)8-18(19)26-15/h4-9H,10,27H2,1-3H3. The van der Waals surface area contributed by atoms with Gasteiger partial charge in [0.2, 0.25) is 0 Å². The lowest BCUT2D eigenvalue weighted by atomic mass is 10.1. The molecule has 0 aliphatic heterocycles. The summed E-state index contributed by atoms with van der Waals surface area (Å²) in [4.78, 5) is 12.7. The van der Waals surface area contributed by atoms with Crippen LogP contribution in [0.3, 0.4) is 0 Å². The lowest BCUT2D eigenvalue weighted by molar-refractivity contribution is 0.355. The van der Waals surface area contributed by atoms with Gasteiger partial charge in [0.05, 0.1) is 21.3 Å². The highest BCUT2D eigenvalue weighted by Crippen LogP contribution is 2.35. The summed E-state index contributed by atoms with van der Waals surface area (Å²) in [6.45, 7) is 0. The Bertz CT molecular complexity index is 1040. The minimum absolute atomic E-state index is 0.0915. The fourth-order valence-electron chi connectivity index (χ4n) is 2.73. The molecule has 142 valence electrons. The Kier molecular flexibility index (Phi) is 5.72. The molecule has 0 aliphatic rings. The van der Waals surface area contributed by atoms with E-state index in [0.717, 1.165) is 0 Å². The molecular weight excluding hydrogens is 371 g/mol. The monoisotopic (exact) mass is 390 g/mol. The van der Waals surface area contributed by atoms with Gasteiger partial charge in [0.1, 0.15) is 43.0 Å². The molecular formula is C19H19O7P. The van der Waals surface area contributed by atoms with Crippen molar-refractivity contribution in [2.24, 2.45) is 0 Å². The lowest BCUT2D eigenvalue weighted by Gasteiger charge is -2.11. The molecule has 2 aromatic carbocycles. The first-order valence-electron chi connectivity index (χ1n) is 8.06. The van der Waals surface area contributed by atoms with Gasteiger partial charge in [-0.3, -0.25) is 4.79 Å².